The molecule has 0 unspecified atom stereocenters. The quantitative estimate of drug-likeness (QED) is 0.771. The second-order valence-electron chi connectivity index (χ2n) is 6.62. The Balaban J connectivity index is 1.35. The molecule has 2 aliphatic rings. The van der Waals surface area contributed by atoms with Crippen molar-refractivity contribution >= 4 is 6.09 Å². The zero-order chi connectivity index (χ0) is 17.6. The molecular formula is C18H27N3O4. The van der Waals surface area contributed by atoms with Crippen LogP contribution in [0.5, 0.6) is 11.5 Å². The van der Waals surface area contributed by atoms with E-state index in [0.29, 0.717) is 13.2 Å². The molecule has 0 aliphatic carbocycles. The summed E-state index contributed by atoms with van der Waals surface area (Å²) in [5.74, 6) is 1.55. The van der Waals surface area contributed by atoms with Crippen molar-refractivity contribution in [3.05, 3.63) is 23.8 Å². The molecule has 0 N–H and O–H groups in total. The number of hydrogen-bond acceptors (Lipinski definition) is 6. The minimum Gasteiger partial charge on any atom is -0.454 e. The molecule has 1 fully saturated rings. The predicted molar refractivity (Wildman–Crippen MR) is 94.2 cm³/mol. The summed E-state index contributed by atoms with van der Waals surface area (Å²) in [7, 11) is 3.90. The number of rotatable bonds is 6. The fourth-order valence-corrected chi connectivity index (χ4v) is 2.93. The van der Waals surface area contributed by atoms with E-state index < -0.39 is 0 Å². The Labute approximate surface area is 149 Å². The van der Waals surface area contributed by atoms with Gasteiger partial charge in [0.15, 0.2) is 11.5 Å². The normalized spacial score (nSPS) is 17.5. The smallest absolute Gasteiger partial charge is 0.409 e. The maximum atomic E-state index is 12.1. The number of nitrogens with zero attached hydrogens (tertiary/aromatic N) is 3. The molecule has 25 heavy (non-hydrogen) atoms. The lowest BCUT2D eigenvalue weighted by Crippen LogP contribution is -2.45. The number of carbonyl (C=O) groups excluding carboxylic acids is 1. The predicted octanol–water partition coefficient (Wildman–Crippen LogP) is 1.27. The highest BCUT2D eigenvalue weighted by Crippen LogP contribution is 2.32. The molecule has 0 radical (unpaired) electrons. The molecule has 7 heteroatoms. The van der Waals surface area contributed by atoms with E-state index in [0.717, 1.165) is 56.2 Å². The Morgan fingerprint density at radius 2 is 1.96 bits per heavy atom. The van der Waals surface area contributed by atoms with Crippen LogP contribution in [-0.4, -0.2) is 87.6 Å². The summed E-state index contributed by atoms with van der Waals surface area (Å²) in [6, 6.07) is 5.88. The van der Waals surface area contributed by atoms with Crippen LogP contribution in [-0.2, 0) is 11.2 Å². The number of carbonyl (C=O) groups is 1. The highest BCUT2D eigenvalue weighted by Gasteiger charge is 2.16. The first-order valence-electron chi connectivity index (χ1n) is 8.79. The van der Waals surface area contributed by atoms with Crippen LogP contribution in [0.1, 0.15) is 5.56 Å². The first-order valence-corrected chi connectivity index (χ1v) is 8.79. The average Bonchev–Trinajstić information content (AvgIpc) is 3.09. The molecule has 2 aliphatic heterocycles. The van der Waals surface area contributed by atoms with Crippen LogP contribution < -0.4 is 9.47 Å². The summed E-state index contributed by atoms with van der Waals surface area (Å²) < 4.78 is 16.1. The molecule has 0 atom stereocenters. The maximum Gasteiger partial charge on any atom is 0.409 e. The number of fused-ring (bicyclic) bond motifs is 1. The van der Waals surface area contributed by atoms with Crippen molar-refractivity contribution in [1.82, 2.24) is 14.7 Å². The summed E-state index contributed by atoms with van der Waals surface area (Å²) in [5, 5.41) is 0. The Bertz CT molecular complexity index is 588. The van der Waals surface area contributed by atoms with E-state index >= 15 is 0 Å². The van der Waals surface area contributed by atoms with E-state index in [-0.39, 0.29) is 12.9 Å². The van der Waals surface area contributed by atoms with Crippen molar-refractivity contribution in [3.8, 4) is 11.5 Å². The van der Waals surface area contributed by atoms with Crippen molar-refractivity contribution in [2.24, 2.45) is 0 Å². The van der Waals surface area contributed by atoms with Gasteiger partial charge in [0, 0.05) is 46.3 Å². The summed E-state index contributed by atoms with van der Waals surface area (Å²) in [4.78, 5) is 18.3. The molecule has 138 valence electrons. The largest absolute Gasteiger partial charge is 0.454 e. The van der Waals surface area contributed by atoms with Gasteiger partial charge in [0.25, 0.3) is 0 Å². The van der Waals surface area contributed by atoms with Crippen LogP contribution in [0.15, 0.2) is 18.2 Å². The first kappa shape index (κ1) is 17.8. The van der Waals surface area contributed by atoms with Gasteiger partial charge in [-0.05, 0) is 31.2 Å². The van der Waals surface area contributed by atoms with E-state index in [2.05, 4.69) is 16.8 Å². The molecule has 1 aromatic carbocycles. The highest BCUT2D eigenvalue weighted by molar-refractivity contribution is 5.67. The average molecular weight is 349 g/mol. The fourth-order valence-electron chi connectivity index (χ4n) is 2.93. The van der Waals surface area contributed by atoms with Crippen molar-refractivity contribution in [2.75, 3.05) is 66.8 Å². The highest BCUT2D eigenvalue weighted by atomic mass is 16.7. The third-order valence-electron chi connectivity index (χ3n) is 4.71. The molecule has 0 aromatic heterocycles. The van der Waals surface area contributed by atoms with Crippen molar-refractivity contribution in [1.29, 1.82) is 0 Å². The van der Waals surface area contributed by atoms with Crippen LogP contribution in [0, 0.1) is 0 Å². The first-order chi connectivity index (χ1) is 12.1. The summed E-state index contributed by atoms with van der Waals surface area (Å²) in [6.45, 7) is 6.34. The van der Waals surface area contributed by atoms with Crippen LogP contribution in [0.3, 0.4) is 0 Å². The summed E-state index contributed by atoms with van der Waals surface area (Å²) in [5.41, 5.74) is 1.11. The number of ether oxygens (including phenoxy) is 3. The molecule has 1 saturated heterocycles. The molecule has 1 amide bonds. The van der Waals surface area contributed by atoms with Gasteiger partial charge >= 0.3 is 6.09 Å². The topological polar surface area (TPSA) is 54.5 Å². The molecule has 1 aromatic rings. The molecule has 0 spiro atoms. The third-order valence-corrected chi connectivity index (χ3v) is 4.71. The molecule has 0 bridgehead atoms. The minimum atomic E-state index is -0.269. The van der Waals surface area contributed by atoms with Crippen LogP contribution >= 0.6 is 0 Å². The van der Waals surface area contributed by atoms with Gasteiger partial charge in [0.05, 0.1) is 0 Å². The van der Waals surface area contributed by atoms with Crippen molar-refractivity contribution in [3.63, 3.8) is 0 Å². The van der Waals surface area contributed by atoms with E-state index in [1.54, 1.807) is 11.9 Å². The Kier molecular flexibility index (Phi) is 5.99. The van der Waals surface area contributed by atoms with Gasteiger partial charge in [-0.3, -0.25) is 4.90 Å². The van der Waals surface area contributed by atoms with E-state index in [1.165, 1.54) is 0 Å². The van der Waals surface area contributed by atoms with Gasteiger partial charge in [-0.1, -0.05) is 6.07 Å². The van der Waals surface area contributed by atoms with Gasteiger partial charge in [0.2, 0.25) is 6.79 Å². The molecular weight excluding hydrogens is 322 g/mol. The van der Waals surface area contributed by atoms with Gasteiger partial charge in [-0.25, -0.2) is 4.79 Å². The SMILES string of the molecule is CN1CCN(CCOC(=O)N(C)CCc2ccc3c(c2)OCO3)CC1. The van der Waals surface area contributed by atoms with E-state index in [4.69, 9.17) is 14.2 Å². The molecule has 3 rings (SSSR count). The Morgan fingerprint density at radius 3 is 2.76 bits per heavy atom. The Hall–Kier alpha value is -1.99. The monoisotopic (exact) mass is 349 g/mol. The van der Waals surface area contributed by atoms with Gasteiger partial charge in [0.1, 0.15) is 6.61 Å². The zero-order valence-electron chi connectivity index (χ0n) is 15.1. The van der Waals surface area contributed by atoms with Gasteiger partial charge < -0.3 is 24.0 Å². The maximum absolute atomic E-state index is 12.1. The molecule has 0 saturated carbocycles. The number of piperazine rings is 1. The number of likely N-dealkylation sites (N-methyl/N-ethyl adjacent to an activating group) is 2. The van der Waals surface area contributed by atoms with Crippen LogP contribution in [0.2, 0.25) is 0 Å². The fraction of sp³-hybridized carbons (Fsp3) is 0.611. The van der Waals surface area contributed by atoms with E-state index in [9.17, 15) is 4.79 Å². The van der Waals surface area contributed by atoms with Crippen molar-refractivity contribution in [2.45, 2.75) is 6.42 Å². The lowest BCUT2D eigenvalue weighted by atomic mass is 10.1. The molecule has 7 nitrogen and oxygen atoms in total. The van der Waals surface area contributed by atoms with Crippen molar-refractivity contribution < 1.29 is 19.0 Å². The zero-order valence-corrected chi connectivity index (χ0v) is 15.1. The van der Waals surface area contributed by atoms with E-state index in [1.807, 2.05) is 18.2 Å². The van der Waals surface area contributed by atoms with Gasteiger partial charge in [-0.15, -0.1) is 0 Å². The number of benzene rings is 1. The molecule has 2 heterocycles. The number of amides is 1. The lowest BCUT2D eigenvalue weighted by Gasteiger charge is -2.32. The minimum absolute atomic E-state index is 0.269. The van der Waals surface area contributed by atoms with Crippen LogP contribution in [0.4, 0.5) is 4.79 Å². The number of hydrogen-bond donors (Lipinski definition) is 0. The third kappa shape index (κ3) is 4.99. The second-order valence-corrected chi connectivity index (χ2v) is 6.62. The second kappa shape index (κ2) is 8.40. The van der Waals surface area contributed by atoms with Gasteiger partial charge in [-0.2, -0.15) is 0 Å². The summed E-state index contributed by atoms with van der Waals surface area (Å²) >= 11 is 0. The standard InChI is InChI=1S/C18H27N3O4/c1-19-7-9-21(10-8-19)11-12-23-18(22)20(2)6-5-15-3-4-16-17(13-15)25-14-24-16/h3-4,13H,5-12,14H2,1-2H3. The van der Waals surface area contributed by atoms with Crippen LogP contribution in [0.25, 0.3) is 0 Å². The Morgan fingerprint density at radius 1 is 1.20 bits per heavy atom. The summed E-state index contributed by atoms with van der Waals surface area (Å²) in [6.07, 6.45) is 0.482. The lowest BCUT2D eigenvalue weighted by molar-refractivity contribution is 0.0847.